The highest BCUT2D eigenvalue weighted by molar-refractivity contribution is 7.89. The van der Waals surface area contributed by atoms with E-state index in [1.54, 1.807) is 0 Å². The molecule has 0 radical (unpaired) electrons. The van der Waals surface area contributed by atoms with Crippen molar-refractivity contribution >= 4 is 27.3 Å². The molecule has 0 fully saturated rings. The zero-order valence-corrected chi connectivity index (χ0v) is 12.0. The molecule has 0 amide bonds. The molecule has 1 rings (SSSR count). The van der Waals surface area contributed by atoms with Crippen LogP contribution in [0.2, 0.25) is 5.02 Å². The van der Waals surface area contributed by atoms with Crippen LogP contribution in [0.5, 0.6) is 0 Å². The first-order chi connectivity index (χ1) is 9.38. The molecule has 1 aromatic rings. The molecule has 0 aliphatic heterocycles. The lowest BCUT2D eigenvalue weighted by Crippen LogP contribution is -2.25. The van der Waals surface area contributed by atoms with Crippen LogP contribution >= 0.6 is 11.6 Å². The number of ether oxygens (including phenoxy) is 1. The van der Waals surface area contributed by atoms with Gasteiger partial charge in [-0.05, 0) is 18.6 Å². The van der Waals surface area contributed by atoms with Crippen molar-refractivity contribution in [3.05, 3.63) is 46.2 Å². The summed E-state index contributed by atoms with van der Waals surface area (Å²) in [6, 6.07) is 3.30. The van der Waals surface area contributed by atoms with E-state index >= 15 is 0 Å². The summed E-state index contributed by atoms with van der Waals surface area (Å²) in [7, 11) is -3.81. The second kappa shape index (κ2) is 7.22. The first-order valence-electron chi connectivity index (χ1n) is 5.54. The van der Waals surface area contributed by atoms with Crippen molar-refractivity contribution in [3.63, 3.8) is 0 Å². The molecule has 0 aliphatic rings. The molecular weight excluding hydrogens is 308 g/mol. The lowest BCUT2D eigenvalue weighted by Gasteiger charge is -2.07. The highest BCUT2D eigenvalue weighted by atomic mass is 35.5. The van der Waals surface area contributed by atoms with Crippen LogP contribution in [0, 0.1) is 10.1 Å². The number of sulfonamides is 1. The highest BCUT2D eigenvalue weighted by Gasteiger charge is 2.20. The summed E-state index contributed by atoms with van der Waals surface area (Å²) in [5.74, 6) is 0. The Labute approximate surface area is 121 Å². The molecule has 0 aromatic heterocycles. The van der Waals surface area contributed by atoms with Crippen molar-refractivity contribution in [2.24, 2.45) is 0 Å². The lowest BCUT2D eigenvalue weighted by molar-refractivity contribution is -0.384. The van der Waals surface area contributed by atoms with Gasteiger partial charge in [0.15, 0.2) is 0 Å². The van der Waals surface area contributed by atoms with E-state index in [-0.39, 0.29) is 16.5 Å². The SMILES string of the molecule is C=COCCCNS(=O)(=O)c1ccc(Cl)c([N+](=O)[O-])c1. The molecule has 9 heteroatoms. The Morgan fingerprint density at radius 2 is 2.20 bits per heavy atom. The number of nitrogens with zero attached hydrogens (tertiary/aromatic N) is 1. The first-order valence-corrected chi connectivity index (χ1v) is 7.40. The van der Waals surface area contributed by atoms with Gasteiger partial charge in [0, 0.05) is 12.6 Å². The van der Waals surface area contributed by atoms with Crippen molar-refractivity contribution in [3.8, 4) is 0 Å². The fourth-order valence-corrected chi connectivity index (χ4v) is 2.61. The summed E-state index contributed by atoms with van der Waals surface area (Å²) >= 11 is 5.62. The highest BCUT2D eigenvalue weighted by Crippen LogP contribution is 2.26. The van der Waals surface area contributed by atoms with Crippen molar-refractivity contribution < 1.29 is 18.1 Å². The van der Waals surface area contributed by atoms with Gasteiger partial charge in [-0.25, -0.2) is 13.1 Å². The van der Waals surface area contributed by atoms with Gasteiger partial charge in [-0.1, -0.05) is 18.2 Å². The molecule has 0 heterocycles. The Kier molecular flexibility index (Phi) is 5.93. The largest absolute Gasteiger partial charge is 0.502 e. The van der Waals surface area contributed by atoms with Gasteiger partial charge in [0.2, 0.25) is 10.0 Å². The van der Waals surface area contributed by atoms with E-state index in [0.717, 1.165) is 6.07 Å². The van der Waals surface area contributed by atoms with Gasteiger partial charge in [-0.15, -0.1) is 0 Å². The van der Waals surface area contributed by atoms with Crippen LogP contribution in [0.4, 0.5) is 5.69 Å². The van der Waals surface area contributed by atoms with Gasteiger partial charge in [-0.2, -0.15) is 0 Å². The quantitative estimate of drug-likeness (QED) is 0.342. The zero-order chi connectivity index (χ0) is 15.2. The summed E-state index contributed by atoms with van der Waals surface area (Å²) in [6.45, 7) is 3.82. The third-order valence-corrected chi connectivity index (χ3v) is 4.05. The van der Waals surface area contributed by atoms with Gasteiger partial charge in [-0.3, -0.25) is 10.1 Å². The van der Waals surface area contributed by atoms with Crippen molar-refractivity contribution in [1.29, 1.82) is 0 Å². The standard InChI is InChI=1S/C11H13ClN2O5S/c1-2-19-7-3-6-13-20(17,18)9-4-5-10(12)11(8-9)14(15)16/h2,4-5,8,13H,1,3,6-7H2. The van der Waals surface area contributed by atoms with E-state index < -0.39 is 20.6 Å². The molecule has 7 nitrogen and oxygen atoms in total. The number of benzene rings is 1. The summed E-state index contributed by atoms with van der Waals surface area (Å²) in [5, 5.41) is 10.6. The summed E-state index contributed by atoms with van der Waals surface area (Å²) < 4.78 is 31.0. The molecule has 1 N–H and O–H groups in total. The molecule has 0 bridgehead atoms. The third-order valence-electron chi connectivity index (χ3n) is 2.27. The molecule has 0 saturated heterocycles. The van der Waals surface area contributed by atoms with E-state index in [2.05, 4.69) is 11.3 Å². The van der Waals surface area contributed by atoms with Crippen LogP contribution in [-0.2, 0) is 14.8 Å². The van der Waals surface area contributed by atoms with Gasteiger partial charge in [0.05, 0.1) is 22.7 Å². The Bertz CT molecular complexity index is 603. The molecule has 1 aromatic carbocycles. The Morgan fingerprint density at radius 1 is 1.50 bits per heavy atom. The van der Waals surface area contributed by atoms with E-state index in [1.807, 2.05) is 0 Å². The number of nitro benzene ring substituents is 1. The summed E-state index contributed by atoms with van der Waals surface area (Å²) in [5.41, 5.74) is -0.454. The topological polar surface area (TPSA) is 98.5 Å². The fraction of sp³-hybridized carbons (Fsp3) is 0.273. The van der Waals surface area contributed by atoms with Gasteiger partial charge in [0.1, 0.15) is 5.02 Å². The number of nitrogens with one attached hydrogen (secondary N) is 1. The Morgan fingerprint density at radius 3 is 2.80 bits per heavy atom. The average Bonchev–Trinajstić information content (AvgIpc) is 2.38. The molecule has 0 aliphatic carbocycles. The minimum atomic E-state index is -3.81. The first kappa shape index (κ1) is 16.4. The van der Waals surface area contributed by atoms with Gasteiger partial charge in [0.25, 0.3) is 5.69 Å². The predicted octanol–water partition coefficient (Wildman–Crippen LogP) is 2.08. The normalized spacial score (nSPS) is 11.1. The molecule has 0 saturated carbocycles. The minimum Gasteiger partial charge on any atom is -0.502 e. The van der Waals surface area contributed by atoms with Crippen molar-refractivity contribution in [2.45, 2.75) is 11.3 Å². The second-order valence-electron chi connectivity index (χ2n) is 3.66. The van der Waals surface area contributed by atoms with E-state index in [4.69, 9.17) is 16.3 Å². The number of hydrogen-bond acceptors (Lipinski definition) is 5. The molecule has 0 unspecified atom stereocenters. The number of halogens is 1. The third kappa shape index (κ3) is 4.48. The number of rotatable bonds is 8. The number of hydrogen-bond donors (Lipinski definition) is 1. The maximum atomic E-state index is 11.9. The molecule has 0 atom stereocenters. The van der Waals surface area contributed by atoms with Crippen LogP contribution in [0.3, 0.4) is 0 Å². The minimum absolute atomic E-state index is 0.117. The van der Waals surface area contributed by atoms with E-state index in [9.17, 15) is 18.5 Å². The Balaban J connectivity index is 2.80. The van der Waals surface area contributed by atoms with E-state index in [0.29, 0.717) is 13.0 Å². The molecule has 20 heavy (non-hydrogen) atoms. The average molecular weight is 321 g/mol. The smallest absolute Gasteiger partial charge is 0.289 e. The molecule has 0 spiro atoms. The van der Waals surface area contributed by atoms with Crippen LogP contribution < -0.4 is 4.72 Å². The van der Waals surface area contributed by atoms with Crippen LogP contribution in [0.25, 0.3) is 0 Å². The molecular formula is C11H13ClN2O5S. The van der Waals surface area contributed by atoms with Crippen molar-refractivity contribution in [2.75, 3.05) is 13.2 Å². The van der Waals surface area contributed by atoms with Gasteiger partial charge >= 0.3 is 0 Å². The van der Waals surface area contributed by atoms with Crippen LogP contribution in [0.15, 0.2) is 35.9 Å². The maximum Gasteiger partial charge on any atom is 0.289 e. The second-order valence-corrected chi connectivity index (χ2v) is 5.83. The maximum absolute atomic E-state index is 11.9. The zero-order valence-electron chi connectivity index (χ0n) is 10.4. The van der Waals surface area contributed by atoms with Crippen molar-refractivity contribution in [1.82, 2.24) is 4.72 Å². The van der Waals surface area contributed by atoms with E-state index in [1.165, 1.54) is 18.4 Å². The summed E-state index contributed by atoms with van der Waals surface area (Å²) in [6.07, 6.45) is 1.71. The number of nitro groups is 1. The fourth-order valence-electron chi connectivity index (χ4n) is 1.33. The monoisotopic (exact) mass is 320 g/mol. The van der Waals surface area contributed by atoms with Crippen LogP contribution in [0.1, 0.15) is 6.42 Å². The summed E-state index contributed by atoms with van der Waals surface area (Å²) in [4.78, 5) is 9.77. The van der Waals surface area contributed by atoms with Crippen LogP contribution in [-0.4, -0.2) is 26.5 Å². The van der Waals surface area contributed by atoms with Gasteiger partial charge < -0.3 is 4.74 Å². The Hall–Kier alpha value is -1.64. The molecule has 110 valence electrons. The lowest BCUT2D eigenvalue weighted by atomic mass is 10.3. The predicted molar refractivity (Wildman–Crippen MR) is 74.1 cm³/mol.